The third-order valence-electron chi connectivity index (χ3n) is 4.85. The Morgan fingerprint density at radius 2 is 2.27 bits per heavy atom. The van der Waals surface area contributed by atoms with Crippen LogP contribution in [0.25, 0.3) is 16.6 Å². The Kier molecular flexibility index (Phi) is 4.51. The minimum absolute atomic E-state index is 0.109. The van der Waals surface area contributed by atoms with Gasteiger partial charge in [0, 0.05) is 29.7 Å². The fourth-order valence-corrected chi connectivity index (χ4v) is 4.77. The van der Waals surface area contributed by atoms with Crippen LogP contribution in [0.15, 0.2) is 24.4 Å². The lowest BCUT2D eigenvalue weighted by atomic mass is 9.68. The van der Waals surface area contributed by atoms with Gasteiger partial charge >= 0.3 is 7.12 Å². The molecule has 2 aromatic rings. The second-order valence-electron chi connectivity index (χ2n) is 6.75. The van der Waals surface area contributed by atoms with Gasteiger partial charge in [-0.1, -0.05) is 6.92 Å². The molecule has 0 radical (unpaired) electrons. The number of aromatic nitrogens is 2. The predicted octanol–water partition coefficient (Wildman–Crippen LogP) is 0.971. The minimum Gasteiger partial charge on any atom is -0.531 e. The zero-order valence-electron chi connectivity index (χ0n) is 14.4. The zero-order valence-corrected chi connectivity index (χ0v) is 15.2. The molecule has 0 saturated heterocycles. The maximum atomic E-state index is 12.0. The molecule has 0 amide bonds. The van der Waals surface area contributed by atoms with E-state index < -0.39 is 17.3 Å². The summed E-state index contributed by atoms with van der Waals surface area (Å²) in [6.45, 7) is 2.34. The van der Waals surface area contributed by atoms with Gasteiger partial charge in [-0.3, -0.25) is 0 Å². The number of hydrogen-bond acceptors (Lipinski definition) is 5. The van der Waals surface area contributed by atoms with Gasteiger partial charge in [-0.15, -0.1) is 0 Å². The number of nitrogens with zero attached hydrogens (tertiary/aromatic N) is 1. The molecule has 0 bridgehead atoms. The summed E-state index contributed by atoms with van der Waals surface area (Å²) in [5.41, 5.74) is 2.68. The number of aromatic amines is 1. The predicted molar refractivity (Wildman–Crippen MR) is 99.5 cm³/mol. The van der Waals surface area contributed by atoms with Crippen molar-refractivity contribution in [2.45, 2.75) is 32.2 Å². The van der Waals surface area contributed by atoms with Crippen molar-refractivity contribution in [2.75, 3.05) is 6.54 Å². The molecule has 0 spiro atoms. The van der Waals surface area contributed by atoms with Gasteiger partial charge in [0.1, 0.15) is 11.4 Å². The fourth-order valence-electron chi connectivity index (χ4n) is 3.58. The van der Waals surface area contributed by atoms with Gasteiger partial charge in [-0.05, 0) is 42.8 Å². The molecule has 2 aliphatic rings. The van der Waals surface area contributed by atoms with Crippen LogP contribution in [0.3, 0.4) is 0 Å². The van der Waals surface area contributed by atoms with E-state index in [-0.39, 0.29) is 12.0 Å². The topological polar surface area (TPSA) is 116 Å². The molecule has 26 heavy (non-hydrogen) atoms. The Labute approximate surface area is 152 Å². The molecule has 1 fully saturated rings. The fraction of sp³-hybridized carbons (Fsp3) is 0.438. The van der Waals surface area contributed by atoms with Gasteiger partial charge in [0.05, 0.1) is 6.20 Å². The molecule has 0 atom stereocenters. The first-order chi connectivity index (χ1) is 12.5. The standard InChI is InChI=1S/C16H21BN4O4S/c1-2-4-20-26(23,24)21-11-6-10(7-11)13-8-17(22)25-14-9-19-16-12(15(13)14)3-5-18-16/h3,5,8-11,20-22H,2,4,6-7H2,1H3,(H,18,19). The van der Waals surface area contributed by atoms with Crippen LogP contribution in [0.2, 0.25) is 0 Å². The lowest BCUT2D eigenvalue weighted by Crippen LogP contribution is -2.49. The summed E-state index contributed by atoms with van der Waals surface area (Å²) in [6, 6.07) is 1.83. The number of hydrogen-bond donors (Lipinski definition) is 4. The molecule has 3 heterocycles. The Bertz CT molecular complexity index is 952. The number of H-pyrrole nitrogens is 1. The molecule has 10 heteroatoms. The molecule has 2 aromatic heterocycles. The molecule has 8 nitrogen and oxygen atoms in total. The van der Waals surface area contributed by atoms with E-state index in [1.54, 1.807) is 12.2 Å². The van der Waals surface area contributed by atoms with Crippen molar-refractivity contribution in [2.24, 2.45) is 5.92 Å². The van der Waals surface area contributed by atoms with Crippen LogP contribution in [-0.4, -0.2) is 43.1 Å². The monoisotopic (exact) mass is 376 g/mol. The largest absolute Gasteiger partial charge is 0.552 e. The average Bonchev–Trinajstić information content (AvgIpc) is 3.03. The molecule has 138 valence electrons. The molecule has 1 aliphatic heterocycles. The Balaban J connectivity index is 1.52. The van der Waals surface area contributed by atoms with E-state index in [1.165, 1.54) is 0 Å². The second-order valence-corrected chi connectivity index (χ2v) is 8.28. The van der Waals surface area contributed by atoms with Gasteiger partial charge in [0.15, 0.2) is 0 Å². The highest BCUT2D eigenvalue weighted by atomic mass is 32.2. The summed E-state index contributed by atoms with van der Waals surface area (Å²) in [4.78, 5) is 7.38. The molecule has 4 rings (SSSR count). The van der Waals surface area contributed by atoms with Crippen LogP contribution in [0, 0.1) is 5.92 Å². The number of allylic oxidation sites excluding steroid dienone is 1. The van der Waals surface area contributed by atoms with Crippen molar-refractivity contribution in [3.05, 3.63) is 30.0 Å². The SMILES string of the molecule is CCCNS(=O)(=O)NC1CC(C2=CB(O)Oc3cnc4[nH]ccc4c32)C1. The number of rotatable bonds is 6. The first kappa shape index (κ1) is 17.5. The molecular formula is C16H21BN4O4S. The Hall–Kier alpha value is -1.88. The van der Waals surface area contributed by atoms with Crippen molar-refractivity contribution < 1.29 is 18.1 Å². The zero-order chi connectivity index (χ0) is 18.3. The molecule has 1 saturated carbocycles. The second kappa shape index (κ2) is 6.69. The van der Waals surface area contributed by atoms with E-state index in [4.69, 9.17) is 4.65 Å². The summed E-state index contributed by atoms with van der Waals surface area (Å²) in [7, 11) is -4.48. The van der Waals surface area contributed by atoms with E-state index in [1.807, 2.05) is 19.2 Å². The smallest absolute Gasteiger partial charge is 0.531 e. The third-order valence-corrected chi connectivity index (χ3v) is 6.08. The van der Waals surface area contributed by atoms with E-state index in [9.17, 15) is 13.4 Å². The van der Waals surface area contributed by atoms with Crippen LogP contribution in [0.4, 0.5) is 0 Å². The molecule has 0 unspecified atom stereocenters. The Morgan fingerprint density at radius 3 is 3.04 bits per heavy atom. The van der Waals surface area contributed by atoms with Crippen molar-refractivity contribution in [3.8, 4) is 5.75 Å². The molecule has 4 N–H and O–H groups in total. The lowest BCUT2D eigenvalue weighted by Gasteiger charge is -2.39. The van der Waals surface area contributed by atoms with Gasteiger partial charge < -0.3 is 14.7 Å². The minimum atomic E-state index is -3.46. The van der Waals surface area contributed by atoms with Crippen molar-refractivity contribution >= 4 is 33.9 Å². The van der Waals surface area contributed by atoms with E-state index in [0.29, 0.717) is 25.1 Å². The quantitative estimate of drug-likeness (QED) is 0.561. The van der Waals surface area contributed by atoms with Crippen LogP contribution >= 0.6 is 0 Å². The highest BCUT2D eigenvalue weighted by molar-refractivity contribution is 7.87. The number of pyridine rings is 1. The normalized spacial score (nSPS) is 22.5. The van der Waals surface area contributed by atoms with Crippen LogP contribution < -0.4 is 14.1 Å². The van der Waals surface area contributed by atoms with E-state index >= 15 is 0 Å². The number of nitrogens with one attached hydrogen (secondary N) is 3. The molecule has 0 aromatic carbocycles. The highest BCUT2D eigenvalue weighted by Crippen LogP contribution is 2.45. The van der Waals surface area contributed by atoms with Crippen LogP contribution in [-0.2, 0) is 10.2 Å². The van der Waals surface area contributed by atoms with Crippen molar-refractivity contribution in [1.29, 1.82) is 0 Å². The van der Waals surface area contributed by atoms with Crippen molar-refractivity contribution in [3.63, 3.8) is 0 Å². The Morgan fingerprint density at radius 1 is 1.46 bits per heavy atom. The molecular weight excluding hydrogens is 355 g/mol. The third kappa shape index (κ3) is 3.25. The average molecular weight is 376 g/mol. The maximum absolute atomic E-state index is 12.0. The summed E-state index contributed by atoms with van der Waals surface area (Å²) in [5.74, 6) is 2.42. The first-order valence-corrected chi connectivity index (χ1v) is 10.2. The maximum Gasteiger partial charge on any atom is 0.552 e. The summed E-state index contributed by atoms with van der Waals surface area (Å²) < 4.78 is 34.6. The number of fused-ring (bicyclic) bond motifs is 3. The first-order valence-electron chi connectivity index (χ1n) is 8.76. The van der Waals surface area contributed by atoms with Gasteiger partial charge in [-0.25, -0.2) is 9.71 Å². The summed E-state index contributed by atoms with van der Waals surface area (Å²) in [6.07, 6.45) is 5.53. The van der Waals surface area contributed by atoms with Gasteiger partial charge in [0.25, 0.3) is 10.2 Å². The summed E-state index contributed by atoms with van der Waals surface area (Å²) >= 11 is 0. The van der Waals surface area contributed by atoms with Gasteiger partial charge in [0.2, 0.25) is 0 Å². The molecule has 1 aliphatic carbocycles. The van der Waals surface area contributed by atoms with E-state index in [0.717, 1.165) is 28.6 Å². The highest BCUT2D eigenvalue weighted by Gasteiger charge is 2.38. The van der Waals surface area contributed by atoms with Crippen LogP contribution in [0.1, 0.15) is 31.7 Å². The van der Waals surface area contributed by atoms with Gasteiger partial charge in [-0.2, -0.15) is 13.1 Å². The lowest BCUT2D eigenvalue weighted by molar-refractivity contribution is 0.307. The summed E-state index contributed by atoms with van der Waals surface area (Å²) in [5, 5.41) is 11.0. The van der Waals surface area contributed by atoms with Crippen LogP contribution in [0.5, 0.6) is 5.75 Å². The van der Waals surface area contributed by atoms with Crippen molar-refractivity contribution in [1.82, 2.24) is 19.4 Å². The van der Waals surface area contributed by atoms with E-state index in [2.05, 4.69) is 19.4 Å².